The molecule has 2 aliphatic carbocycles. The molecule has 2 bridgehead atoms. The molecule has 6 rings (SSSR count). The zero-order valence-corrected chi connectivity index (χ0v) is 26.6. The summed E-state index contributed by atoms with van der Waals surface area (Å²) in [7, 11) is 3.46. The van der Waals surface area contributed by atoms with E-state index in [0.717, 1.165) is 11.1 Å². The molecule has 49 heavy (non-hydrogen) atoms. The predicted octanol–water partition coefficient (Wildman–Crippen LogP) is 1.02. The van der Waals surface area contributed by atoms with Gasteiger partial charge in [0.15, 0.2) is 23.7 Å². The molecular weight excluding hydrogens is 646 g/mol. The molecule has 1 spiro atoms. The van der Waals surface area contributed by atoms with Gasteiger partial charge in [-0.05, 0) is 44.1 Å². The van der Waals surface area contributed by atoms with Crippen LogP contribution in [0.3, 0.4) is 0 Å². The number of hydrogen-bond donors (Lipinski definition) is 4. The quantitative estimate of drug-likeness (QED) is 0.182. The minimum atomic E-state index is -2.13. The Hall–Kier alpha value is -4.99. The average Bonchev–Trinajstić information content (AvgIpc) is 3.42. The van der Waals surface area contributed by atoms with Crippen LogP contribution < -0.4 is 9.47 Å². The molecule has 0 saturated carbocycles. The highest BCUT2D eigenvalue weighted by Crippen LogP contribution is 2.65. The summed E-state index contributed by atoms with van der Waals surface area (Å²) in [5, 5.41) is 41.3. The molecule has 7 atom stereocenters. The van der Waals surface area contributed by atoms with Gasteiger partial charge in [-0.2, -0.15) is 0 Å². The van der Waals surface area contributed by atoms with Crippen LogP contribution in [0.4, 0.5) is 0 Å². The average molecular weight is 682 g/mol. The number of carboxylic acid groups (broad SMARTS) is 2. The third-order valence-corrected chi connectivity index (χ3v) is 9.87. The van der Waals surface area contributed by atoms with Crippen LogP contribution in [-0.2, 0) is 50.0 Å². The number of carbonyl (C=O) groups is 5. The van der Waals surface area contributed by atoms with E-state index in [0.29, 0.717) is 30.9 Å². The van der Waals surface area contributed by atoms with E-state index in [9.17, 15) is 39.3 Å². The number of rotatable bonds is 12. The first-order valence-electron chi connectivity index (χ1n) is 15.6. The van der Waals surface area contributed by atoms with Gasteiger partial charge in [-0.3, -0.25) is 9.59 Å². The molecular formula is C34H35NO14. The van der Waals surface area contributed by atoms with E-state index < -0.39 is 78.1 Å². The molecule has 0 amide bonds. The summed E-state index contributed by atoms with van der Waals surface area (Å²) < 4.78 is 27.7. The molecule has 2 aromatic rings. The lowest BCUT2D eigenvalue weighted by Crippen LogP contribution is -2.74. The highest BCUT2D eigenvalue weighted by Gasteiger charge is 2.72. The van der Waals surface area contributed by atoms with Gasteiger partial charge in [-0.15, -0.1) is 0 Å². The Morgan fingerprint density at radius 2 is 1.76 bits per heavy atom. The van der Waals surface area contributed by atoms with Crippen molar-refractivity contribution in [1.82, 2.24) is 4.90 Å². The number of aliphatic carboxylic acids is 2. The minimum Gasteiger partial charge on any atom is -0.493 e. The van der Waals surface area contributed by atoms with Crippen LogP contribution in [0.1, 0.15) is 48.5 Å². The summed E-state index contributed by atoms with van der Waals surface area (Å²) in [5.74, 6) is -6.11. The number of likely N-dealkylation sites (tertiary alicyclic amines) is 1. The normalized spacial score (nSPS) is 26.5. The molecule has 1 fully saturated rings. The van der Waals surface area contributed by atoms with E-state index in [1.165, 1.54) is 31.4 Å². The van der Waals surface area contributed by atoms with Crippen molar-refractivity contribution in [3.63, 3.8) is 0 Å². The Bertz CT molecular complexity index is 1720. The maximum absolute atomic E-state index is 13.2. The van der Waals surface area contributed by atoms with Gasteiger partial charge in [0.05, 0.1) is 31.0 Å². The third-order valence-electron chi connectivity index (χ3n) is 9.87. The van der Waals surface area contributed by atoms with E-state index in [1.807, 2.05) is 13.1 Å². The van der Waals surface area contributed by atoms with Gasteiger partial charge in [0.1, 0.15) is 5.76 Å². The number of carboxylic acids is 2. The van der Waals surface area contributed by atoms with E-state index >= 15 is 0 Å². The number of carbonyl (C=O) groups excluding carboxylic acids is 3. The fourth-order valence-corrected chi connectivity index (χ4v) is 7.62. The minimum absolute atomic E-state index is 0.0332. The number of esters is 3. The van der Waals surface area contributed by atoms with Gasteiger partial charge in [-0.25, -0.2) is 14.4 Å². The van der Waals surface area contributed by atoms with Crippen LogP contribution in [0, 0.1) is 0 Å². The standard InChI is InChI=1S/C34H35NO14/c1-35-13-12-33-26-18-8-9-20(45-2)28(26)48-29(33)21(10-11-34(33,44)23(35)14-18)46-25(39)15-19(36)31(42)49-27(17-6-4-3-5-7-17)32(43)47-22(30(40)41)16-24(37)38/h3-10,19,22-23,27,29,36,44H,11-16H2,1-2H3,(H,37,38)(H,40,41)/t19-,22+,23-,27-,29-,33-,34+/m0/s1. The van der Waals surface area contributed by atoms with Gasteiger partial charge in [0.2, 0.25) is 12.2 Å². The smallest absolute Gasteiger partial charge is 0.353 e. The number of piperidine rings is 1. The Morgan fingerprint density at radius 3 is 2.43 bits per heavy atom. The van der Waals surface area contributed by atoms with Crippen molar-refractivity contribution in [2.75, 3.05) is 20.7 Å². The monoisotopic (exact) mass is 681 g/mol. The predicted molar refractivity (Wildman–Crippen MR) is 163 cm³/mol. The van der Waals surface area contributed by atoms with Crippen molar-refractivity contribution < 1.29 is 68.1 Å². The van der Waals surface area contributed by atoms with Gasteiger partial charge >= 0.3 is 29.8 Å². The summed E-state index contributed by atoms with van der Waals surface area (Å²) in [6.07, 6.45) is -6.18. The number of benzene rings is 2. The zero-order valence-electron chi connectivity index (χ0n) is 26.6. The van der Waals surface area contributed by atoms with Gasteiger partial charge < -0.3 is 49.0 Å². The molecule has 2 aromatic carbocycles. The number of likely N-dealkylation sites (N-methyl/N-ethyl adjacent to an activating group) is 1. The van der Waals surface area contributed by atoms with Crippen molar-refractivity contribution in [2.24, 2.45) is 0 Å². The van der Waals surface area contributed by atoms with E-state index in [2.05, 4.69) is 4.90 Å². The molecule has 1 saturated heterocycles. The van der Waals surface area contributed by atoms with Crippen LogP contribution in [-0.4, -0.2) is 106 Å². The molecule has 0 radical (unpaired) electrons. The van der Waals surface area contributed by atoms with Crippen LogP contribution >= 0.6 is 0 Å². The number of nitrogens with zero attached hydrogens (tertiary/aromatic N) is 1. The number of aliphatic hydroxyl groups is 2. The molecule has 0 unspecified atom stereocenters. The topological polar surface area (TPSA) is 216 Å². The maximum Gasteiger partial charge on any atom is 0.353 e. The summed E-state index contributed by atoms with van der Waals surface area (Å²) >= 11 is 0. The van der Waals surface area contributed by atoms with E-state index in [1.54, 1.807) is 18.2 Å². The number of methoxy groups -OCH3 is 1. The molecule has 15 nitrogen and oxygen atoms in total. The maximum atomic E-state index is 13.2. The van der Waals surface area contributed by atoms with Crippen molar-refractivity contribution in [3.05, 3.63) is 71.0 Å². The lowest BCUT2D eigenvalue weighted by molar-refractivity contribution is -0.183. The first-order valence-corrected chi connectivity index (χ1v) is 15.6. The first kappa shape index (κ1) is 33.9. The Morgan fingerprint density at radius 1 is 1.02 bits per heavy atom. The van der Waals surface area contributed by atoms with Crippen LogP contribution in [0.15, 0.2) is 54.3 Å². The molecule has 0 aromatic heterocycles. The molecule has 260 valence electrons. The second-order valence-electron chi connectivity index (χ2n) is 12.6. The second kappa shape index (κ2) is 12.8. The fraction of sp³-hybridized carbons (Fsp3) is 0.441. The van der Waals surface area contributed by atoms with Crippen LogP contribution in [0.5, 0.6) is 11.5 Å². The van der Waals surface area contributed by atoms with Crippen molar-refractivity contribution in [3.8, 4) is 11.5 Å². The zero-order chi connectivity index (χ0) is 35.2. The molecule has 2 heterocycles. The van der Waals surface area contributed by atoms with Crippen LogP contribution in [0.25, 0.3) is 0 Å². The van der Waals surface area contributed by atoms with Crippen LogP contribution in [0.2, 0.25) is 0 Å². The fourth-order valence-electron chi connectivity index (χ4n) is 7.62. The highest BCUT2D eigenvalue weighted by molar-refractivity contribution is 5.87. The van der Waals surface area contributed by atoms with Gasteiger partial charge in [-0.1, -0.05) is 36.4 Å². The third kappa shape index (κ3) is 5.66. The number of aliphatic hydroxyl groups excluding tert-OH is 1. The summed E-state index contributed by atoms with van der Waals surface area (Å²) in [5.41, 5.74) is -0.359. The Kier molecular flexibility index (Phi) is 8.85. The largest absolute Gasteiger partial charge is 0.493 e. The SMILES string of the molecule is COc1ccc2c3c1O[C@H]1C(OC(=O)C[C@H](O)C(=O)O[C@H](C(=O)O[C@H](CC(=O)O)C(=O)O)c4ccccc4)=CC[C@@]4(O)[C@H](C2)N(C)CC[C@]314. The van der Waals surface area contributed by atoms with Gasteiger partial charge in [0.25, 0.3) is 0 Å². The summed E-state index contributed by atoms with van der Waals surface area (Å²) in [6, 6.07) is 10.8. The van der Waals surface area contributed by atoms with Gasteiger partial charge in [0, 0.05) is 23.6 Å². The molecule has 15 heteroatoms. The molecule has 2 aliphatic heterocycles. The van der Waals surface area contributed by atoms with E-state index in [4.69, 9.17) is 28.8 Å². The number of ether oxygens (including phenoxy) is 5. The summed E-state index contributed by atoms with van der Waals surface area (Å²) in [6.45, 7) is 0.642. The Labute approximate surface area is 279 Å². The van der Waals surface area contributed by atoms with Crippen molar-refractivity contribution in [1.29, 1.82) is 0 Å². The lowest BCUT2D eigenvalue weighted by Gasteiger charge is -2.61. The second-order valence-corrected chi connectivity index (χ2v) is 12.6. The molecule has 4 aliphatic rings. The Balaban J connectivity index is 1.18. The van der Waals surface area contributed by atoms with Crippen molar-refractivity contribution >= 4 is 29.8 Å². The van der Waals surface area contributed by atoms with Crippen molar-refractivity contribution in [2.45, 2.75) is 73.6 Å². The summed E-state index contributed by atoms with van der Waals surface area (Å²) in [4.78, 5) is 63.7. The first-order chi connectivity index (χ1) is 23.3. The highest BCUT2D eigenvalue weighted by atomic mass is 16.6. The molecule has 4 N–H and O–H groups in total. The lowest BCUT2D eigenvalue weighted by atomic mass is 9.50. The number of hydrogen-bond acceptors (Lipinski definition) is 13. The van der Waals surface area contributed by atoms with E-state index in [-0.39, 0.29) is 23.8 Å².